The number of nitrogens with zero attached hydrogens (tertiary/aromatic N) is 1. The van der Waals surface area contributed by atoms with E-state index >= 15 is 0 Å². The lowest BCUT2D eigenvalue weighted by atomic mass is 10.1. The third-order valence-corrected chi connectivity index (χ3v) is 1.89. The Hall–Kier alpha value is -1.81. The Kier molecular flexibility index (Phi) is 1.97. The first-order chi connectivity index (χ1) is 6.42. The van der Waals surface area contributed by atoms with Gasteiger partial charge in [-0.1, -0.05) is 24.1 Å². The number of pyridine rings is 1. The third-order valence-electron chi connectivity index (χ3n) is 1.89. The minimum atomic E-state index is 0.986. The summed E-state index contributed by atoms with van der Waals surface area (Å²) in [5, 5.41) is 1.14. The largest absolute Gasteiger partial charge is 0.255 e. The van der Waals surface area contributed by atoms with Crippen LogP contribution >= 0.6 is 0 Å². The van der Waals surface area contributed by atoms with E-state index in [1.807, 2.05) is 37.3 Å². The van der Waals surface area contributed by atoms with Crippen LogP contribution in [0.2, 0.25) is 0 Å². The Balaban J connectivity index is 2.80. The van der Waals surface area contributed by atoms with Crippen LogP contribution in [0.3, 0.4) is 0 Å². The molecule has 1 heteroatoms. The molecular weight excluding hydrogens is 158 g/mol. The van der Waals surface area contributed by atoms with Gasteiger partial charge in [0, 0.05) is 11.6 Å². The molecule has 0 aliphatic rings. The van der Waals surface area contributed by atoms with Crippen LogP contribution in [0.5, 0.6) is 0 Å². The lowest BCUT2D eigenvalue weighted by Gasteiger charge is -1.97. The average Bonchev–Trinajstić information content (AvgIpc) is 2.19. The number of fused-ring (bicyclic) bond motifs is 1. The van der Waals surface area contributed by atoms with Gasteiger partial charge in [-0.3, -0.25) is 4.98 Å². The van der Waals surface area contributed by atoms with Crippen LogP contribution < -0.4 is 0 Å². The zero-order chi connectivity index (χ0) is 9.10. The fourth-order valence-electron chi connectivity index (χ4n) is 1.34. The average molecular weight is 167 g/mol. The number of rotatable bonds is 0. The van der Waals surface area contributed by atoms with Crippen LogP contribution in [0.4, 0.5) is 0 Å². The molecule has 0 saturated heterocycles. The van der Waals surface area contributed by atoms with E-state index in [4.69, 9.17) is 0 Å². The molecule has 0 bridgehead atoms. The van der Waals surface area contributed by atoms with E-state index in [1.54, 1.807) is 6.20 Å². The molecule has 62 valence electrons. The van der Waals surface area contributed by atoms with Gasteiger partial charge < -0.3 is 0 Å². The normalized spacial score (nSPS) is 9.31. The summed E-state index contributed by atoms with van der Waals surface area (Å²) in [6.45, 7) is 1.84. The molecule has 2 rings (SSSR count). The molecule has 1 heterocycles. The molecule has 0 saturated carbocycles. The van der Waals surface area contributed by atoms with Crippen molar-refractivity contribution in [2.75, 3.05) is 0 Å². The van der Waals surface area contributed by atoms with Gasteiger partial charge in [0.1, 0.15) is 0 Å². The van der Waals surface area contributed by atoms with Gasteiger partial charge in [-0.25, -0.2) is 0 Å². The highest BCUT2D eigenvalue weighted by molar-refractivity contribution is 5.84. The smallest absolute Gasteiger partial charge is 0.0858 e. The fraction of sp³-hybridized carbons (Fsp3) is 0.0833. The summed E-state index contributed by atoms with van der Waals surface area (Å²) in [4.78, 5) is 4.30. The summed E-state index contributed by atoms with van der Waals surface area (Å²) in [5.41, 5.74) is 1.99. The highest BCUT2D eigenvalue weighted by Gasteiger charge is 1.96. The predicted molar refractivity (Wildman–Crippen MR) is 54.3 cm³/mol. The molecule has 1 nitrogen and oxygen atoms in total. The molecule has 0 amide bonds. The SMILES string of the molecule is CC#Cc1cccc2cccnc12. The molecule has 1 aromatic heterocycles. The van der Waals surface area contributed by atoms with E-state index in [-0.39, 0.29) is 0 Å². The van der Waals surface area contributed by atoms with Crippen molar-refractivity contribution in [3.05, 3.63) is 42.1 Å². The Morgan fingerprint density at radius 3 is 2.85 bits per heavy atom. The van der Waals surface area contributed by atoms with Gasteiger partial charge in [0.2, 0.25) is 0 Å². The second kappa shape index (κ2) is 3.28. The van der Waals surface area contributed by atoms with E-state index < -0.39 is 0 Å². The number of hydrogen-bond donors (Lipinski definition) is 0. The molecule has 2 aromatic rings. The Morgan fingerprint density at radius 2 is 2.00 bits per heavy atom. The predicted octanol–water partition coefficient (Wildman–Crippen LogP) is 2.61. The Labute approximate surface area is 77.4 Å². The highest BCUT2D eigenvalue weighted by Crippen LogP contribution is 2.14. The molecule has 13 heavy (non-hydrogen) atoms. The van der Waals surface area contributed by atoms with Crippen molar-refractivity contribution >= 4 is 10.9 Å². The van der Waals surface area contributed by atoms with E-state index in [1.165, 1.54) is 0 Å². The van der Waals surface area contributed by atoms with E-state index in [0.29, 0.717) is 0 Å². The summed E-state index contributed by atoms with van der Waals surface area (Å²) in [6.07, 6.45) is 1.79. The van der Waals surface area contributed by atoms with Crippen LogP contribution in [0.1, 0.15) is 12.5 Å². The fourth-order valence-corrected chi connectivity index (χ4v) is 1.34. The Bertz CT molecular complexity index is 484. The van der Waals surface area contributed by atoms with Crippen molar-refractivity contribution in [1.29, 1.82) is 0 Å². The summed E-state index contributed by atoms with van der Waals surface area (Å²) in [5.74, 6) is 5.92. The first-order valence-corrected chi connectivity index (χ1v) is 4.18. The van der Waals surface area contributed by atoms with Crippen molar-refractivity contribution in [2.24, 2.45) is 0 Å². The number of hydrogen-bond acceptors (Lipinski definition) is 1. The van der Waals surface area contributed by atoms with Crippen LogP contribution in [0.15, 0.2) is 36.5 Å². The molecule has 0 aliphatic heterocycles. The molecule has 0 N–H and O–H groups in total. The zero-order valence-electron chi connectivity index (χ0n) is 7.41. The van der Waals surface area contributed by atoms with Crippen LogP contribution in [-0.4, -0.2) is 4.98 Å². The Morgan fingerprint density at radius 1 is 1.15 bits per heavy atom. The van der Waals surface area contributed by atoms with Gasteiger partial charge in [-0.2, -0.15) is 0 Å². The molecule has 0 atom stereocenters. The molecule has 0 spiro atoms. The standard InChI is InChI=1S/C12H9N/c1-2-5-10-6-3-7-11-8-4-9-13-12(10)11/h3-4,6-9H,1H3. The lowest BCUT2D eigenvalue weighted by Crippen LogP contribution is -1.82. The summed E-state index contributed by atoms with van der Waals surface area (Å²) < 4.78 is 0. The second-order valence-corrected chi connectivity index (χ2v) is 2.76. The second-order valence-electron chi connectivity index (χ2n) is 2.76. The van der Waals surface area contributed by atoms with Crippen molar-refractivity contribution < 1.29 is 0 Å². The third kappa shape index (κ3) is 1.39. The number of benzene rings is 1. The quantitative estimate of drug-likeness (QED) is 0.549. The number of para-hydroxylation sites is 1. The number of aromatic nitrogens is 1. The highest BCUT2D eigenvalue weighted by atomic mass is 14.6. The van der Waals surface area contributed by atoms with Crippen molar-refractivity contribution in [3.63, 3.8) is 0 Å². The topological polar surface area (TPSA) is 12.9 Å². The minimum absolute atomic E-state index is 0.986. The van der Waals surface area contributed by atoms with Gasteiger partial charge in [0.15, 0.2) is 0 Å². The van der Waals surface area contributed by atoms with Crippen molar-refractivity contribution in [3.8, 4) is 11.8 Å². The minimum Gasteiger partial charge on any atom is -0.255 e. The van der Waals surface area contributed by atoms with E-state index in [2.05, 4.69) is 16.8 Å². The first kappa shape index (κ1) is 7.82. The maximum absolute atomic E-state index is 4.30. The van der Waals surface area contributed by atoms with Gasteiger partial charge in [0.05, 0.1) is 11.1 Å². The summed E-state index contributed by atoms with van der Waals surface area (Å²) in [6, 6.07) is 10.0. The lowest BCUT2D eigenvalue weighted by molar-refractivity contribution is 1.40. The van der Waals surface area contributed by atoms with Crippen molar-refractivity contribution in [1.82, 2.24) is 4.98 Å². The maximum atomic E-state index is 4.30. The molecule has 1 aromatic carbocycles. The summed E-state index contributed by atoms with van der Waals surface area (Å²) in [7, 11) is 0. The van der Waals surface area contributed by atoms with Crippen LogP contribution in [0.25, 0.3) is 10.9 Å². The molecule has 0 radical (unpaired) electrons. The first-order valence-electron chi connectivity index (χ1n) is 4.18. The molecule has 0 aliphatic carbocycles. The van der Waals surface area contributed by atoms with Gasteiger partial charge in [0.25, 0.3) is 0 Å². The molecular formula is C12H9N. The van der Waals surface area contributed by atoms with E-state index in [0.717, 1.165) is 16.5 Å². The van der Waals surface area contributed by atoms with Gasteiger partial charge in [-0.05, 0) is 19.1 Å². The van der Waals surface area contributed by atoms with Gasteiger partial charge >= 0.3 is 0 Å². The summed E-state index contributed by atoms with van der Waals surface area (Å²) >= 11 is 0. The van der Waals surface area contributed by atoms with E-state index in [9.17, 15) is 0 Å². The van der Waals surface area contributed by atoms with Crippen molar-refractivity contribution in [2.45, 2.75) is 6.92 Å². The van der Waals surface area contributed by atoms with Crippen LogP contribution in [-0.2, 0) is 0 Å². The molecule has 0 fully saturated rings. The van der Waals surface area contributed by atoms with Gasteiger partial charge in [-0.15, -0.1) is 5.92 Å². The maximum Gasteiger partial charge on any atom is 0.0858 e. The van der Waals surface area contributed by atoms with Crippen LogP contribution in [0, 0.1) is 11.8 Å². The monoisotopic (exact) mass is 167 g/mol. The zero-order valence-corrected chi connectivity index (χ0v) is 7.41. The molecule has 0 unspecified atom stereocenters.